The zero-order chi connectivity index (χ0) is 19.1. The molecule has 150 valence electrons. The van der Waals surface area contributed by atoms with Crippen LogP contribution >= 0.6 is 0 Å². The molecule has 1 N–H and O–H groups in total. The van der Waals surface area contributed by atoms with Gasteiger partial charge in [-0.1, -0.05) is 12.1 Å². The van der Waals surface area contributed by atoms with E-state index >= 15 is 0 Å². The van der Waals surface area contributed by atoms with Crippen LogP contribution in [-0.4, -0.2) is 82.4 Å². The Kier molecular flexibility index (Phi) is 7.35. The molecule has 1 aromatic carbocycles. The molecule has 1 unspecified atom stereocenters. The van der Waals surface area contributed by atoms with Gasteiger partial charge >= 0.3 is 0 Å². The number of nitrogens with one attached hydrogen (secondary N) is 1. The molecule has 1 saturated carbocycles. The second-order valence-corrected chi connectivity index (χ2v) is 7.44. The number of methoxy groups -OCH3 is 2. The molecule has 6 heteroatoms. The van der Waals surface area contributed by atoms with Gasteiger partial charge in [-0.3, -0.25) is 9.89 Å². The maximum Gasteiger partial charge on any atom is 0.193 e. The van der Waals surface area contributed by atoms with Crippen LogP contribution in [0.25, 0.3) is 0 Å². The van der Waals surface area contributed by atoms with Crippen molar-refractivity contribution in [2.24, 2.45) is 4.99 Å². The summed E-state index contributed by atoms with van der Waals surface area (Å²) >= 11 is 0. The van der Waals surface area contributed by atoms with Crippen molar-refractivity contribution in [2.45, 2.75) is 31.2 Å². The summed E-state index contributed by atoms with van der Waals surface area (Å²) in [5.41, 5.74) is 1.38. The molecule has 1 saturated heterocycles. The van der Waals surface area contributed by atoms with Crippen molar-refractivity contribution in [1.29, 1.82) is 0 Å². The van der Waals surface area contributed by atoms with E-state index in [1.807, 2.05) is 7.05 Å². The third-order valence-electron chi connectivity index (χ3n) is 5.61. The van der Waals surface area contributed by atoms with Gasteiger partial charge in [0.05, 0.1) is 13.7 Å². The van der Waals surface area contributed by atoms with Crippen LogP contribution in [0.3, 0.4) is 0 Å². The quantitative estimate of drug-likeness (QED) is 0.530. The number of rotatable bonds is 9. The van der Waals surface area contributed by atoms with E-state index in [-0.39, 0.29) is 0 Å². The molecular formula is C21H34N4O2. The van der Waals surface area contributed by atoms with E-state index in [9.17, 15) is 0 Å². The Balaban J connectivity index is 1.46. The maximum atomic E-state index is 5.27. The minimum absolute atomic E-state index is 0.555. The van der Waals surface area contributed by atoms with Crippen LogP contribution < -0.4 is 10.1 Å². The molecule has 0 spiro atoms. The van der Waals surface area contributed by atoms with Gasteiger partial charge in [0, 0.05) is 58.8 Å². The first kappa shape index (κ1) is 20.0. The molecule has 0 amide bonds. The molecular weight excluding hydrogens is 340 g/mol. The lowest BCUT2D eigenvalue weighted by Crippen LogP contribution is -2.44. The van der Waals surface area contributed by atoms with E-state index < -0.39 is 0 Å². The predicted molar refractivity (Wildman–Crippen MR) is 110 cm³/mol. The number of nitrogens with zero attached hydrogens (tertiary/aromatic N) is 3. The van der Waals surface area contributed by atoms with E-state index in [1.54, 1.807) is 14.2 Å². The van der Waals surface area contributed by atoms with Crippen molar-refractivity contribution in [1.82, 2.24) is 15.1 Å². The van der Waals surface area contributed by atoms with Crippen LogP contribution in [-0.2, 0) is 4.74 Å². The molecule has 0 aromatic heterocycles. The topological polar surface area (TPSA) is 49.3 Å². The first-order chi connectivity index (χ1) is 13.2. The molecule has 6 nitrogen and oxygen atoms in total. The molecule has 1 heterocycles. The van der Waals surface area contributed by atoms with Gasteiger partial charge in [-0.15, -0.1) is 0 Å². The van der Waals surface area contributed by atoms with Crippen molar-refractivity contribution in [3.63, 3.8) is 0 Å². The molecule has 1 aliphatic heterocycles. The summed E-state index contributed by atoms with van der Waals surface area (Å²) in [5.74, 6) is 2.49. The Labute approximate surface area is 163 Å². The van der Waals surface area contributed by atoms with Crippen molar-refractivity contribution < 1.29 is 9.47 Å². The van der Waals surface area contributed by atoms with E-state index in [2.05, 4.69) is 44.4 Å². The predicted octanol–water partition coefficient (Wildman–Crippen LogP) is 2.17. The normalized spacial score (nSPS) is 20.4. The summed E-state index contributed by atoms with van der Waals surface area (Å²) in [4.78, 5) is 9.43. The lowest BCUT2D eigenvalue weighted by Gasteiger charge is -2.25. The third kappa shape index (κ3) is 5.59. The van der Waals surface area contributed by atoms with Gasteiger partial charge in [-0.25, -0.2) is 0 Å². The summed E-state index contributed by atoms with van der Waals surface area (Å²) in [6.45, 7) is 5.86. The van der Waals surface area contributed by atoms with Crippen molar-refractivity contribution in [3.8, 4) is 5.75 Å². The Morgan fingerprint density at radius 2 is 1.96 bits per heavy atom. The van der Waals surface area contributed by atoms with Gasteiger partial charge in [0.15, 0.2) is 5.96 Å². The standard InChI is InChI=1S/C21H34N4O2/c1-22-21(23-11-13-24(14-15-26-2)19-6-7-19)25-12-10-18(16-25)17-4-8-20(27-3)9-5-17/h4-5,8-9,18-19H,6-7,10-16H2,1-3H3,(H,22,23). The SMILES string of the molecule is CN=C(NCCN(CCOC)C1CC1)N1CCC(c2ccc(OC)cc2)C1. The lowest BCUT2D eigenvalue weighted by molar-refractivity contribution is 0.144. The average Bonchev–Trinajstić information content (AvgIpc) is 3.44. The second kappa shape index (κ2) is 9.95. The number of aliphatic imine (C=N–C) groups is 1. The van der Waals surface area contributed by atoms with Crippen molar-refractivity contribution in [2.75, 3.05) is 60.6 Å². The second-order valence-electron chi connectivity index (χ2n) is 7.44. The zero-order valence-corrected chi connectivity index (χ0v) is 17.0. The van der Waals surface area contributed by atoms with Gasteiger partial charge in [0.1, 0.15) is 5.75 Å². The highest BCUT2D eigenvalue weighted by molar-refractivity contribution is 5.80. The molecule has 1 atom stereocenters. The van der Waals surface area contributed by atoms with E-state index in [1.165, 1.54) is 18.4 Å². The van der Waals surface area contributed by atoms with Crippen LogP contribution in [0.5, 0.6) is 5.75 Å². The van der Waals surface area contributed by atoms with Crippen molar-refractivity contribution in [3.05, 3.63) is 29.8 Å². The van der Waals surface area contributed by atoms with Gasteiger partial charge in [0.25, 0.3) is 0 Å². The van der Waals surface area contributed by atoms with Crippen LogP contribution in [0.2, 0.25) is 0 Å². The van der Waals surface area contributed by atoms with Crippen LogP contribution in [0, 0.1) is 0 Å². The average molecular weight is 375 g/mol. The van der Waals surface area contributed by atoms with Gasteiger partial charge in [0.2, 0.25) is 0 Å². The van der Waals surface area contributed by atoms with E-state index in [4.69, 9.17) is 9.47 Å². The highest BCUT2D eigenvalue weighted by Crippen LogP contribution is 2.28. The smallest absolute Gasteiger partial charge is 0.193 e. The van der Waals surface area contributed by atoms with Gasteiger partial charge in [-0.2, -0.15) is 0 Å². The summed E-state index contributed by atoms with van der Waals surface area (Å²) in [7, 11) is 5.37. The minimum atomic E-state index is 0.555. The molecule has 1 aliphatic carbocycles. The fraction of sp³-hybridized carbons (Fsp3) is 0.667. The van der Waals surface area contributed by atoms with E-state index in [0.717, 1.165) is 63.5 Å². The van der Waals surface area contributed by atoms with Crippen LogP contribution in [0.1, 0.15) is 30.7 Å². The summed E-state index contributed by atoms with van der Waals surface area (Å²) < 4.78 is 10.5. The zero-order valence-electron chi connectivity index (χ0n) is 17.0. The Morgan fingerprint density at radius 3 is 2.59 bits per heavy atom. The monoisotopic (exact) mass is 374 g/mol. The maximum absolute atomic E-state index is 5.27. The van der Waals surface area contributed by atoms with Gasteiger partial charge < -0.3 is 19.7 Å². The largest absolute Gasteiger partial charge is 0.497 e. The fourth-order valence-corrected chi connectivity index (χ4v) is 3.87. The van der Waals surface area contributed by atoms with Crippen molar-refractivity contribution >= 4 is 5.96 Å². The first-order valence-electron chi connectivity index (χ1n) is 10.1. The Hall–Kier alpha value is -1.79. The van der Waals surface area contributed by atoms with Crippen LogP contribution in [0.15, 0.2) is 29.3 Å². The summed E-state index contributed by atoms with van der Waals surface area (Å²) in [6.07, 6.45) is 3.82. The van der Waals surface area contributed by atoms with E-state index in [0.29, 0.717) is 5.92 Å². The Bertz CT molecular complexity index is 601. The molecule has 0 radical (unpaired) electrons. The molecule has 2 fully saturated rings. The number of guanidine groups is 1. The molecule has 1 aromatic rings. The minimum Gasteiger partial charge on any atom is -0.497 e. The lowest BCUT2D eigenvalue weighted by atomic mass is 9.98. The highest BCUT2D eigenvalue weighted by atomic mass is 16.5. The Morgan fingerprint density at radius 1 is 1.19 bits per heavy atom. The number of benzene rings is 1. The fourth-order valence-electron chi connectivity index (χ4n) is 3.87. The molecule has 3 rings (SSSR count). The molecule has 27 heavy (non-hydrogen) atoms. The molecule has 0 bridgehead atoms. The third-order valence-corrected chi connectivity index (χ3v) is 5.61. The van der Waals surface area contributed by atoms with Crippen LogP contribution in [0.4, 0.5) is 0 Å². The highest BCUT2D eigenvalue weighted by Gasteiger charge is 2.29. The van der Waals surface area contributed by atoms with Gasteiger partial charge in [-0.05, 0) is 37.0 Å². The summed E-state index contributed by atoms with van der Waals surface area (Å²) in [5, 5.41) is 3.56. The summed E-state index contributed by atoms with van der Waals surface area (Å²) in [6, 6.07) is 9.24. The number of likely N-dealkylation sites (tertiary alicyclic amines) is 1. The number of ether oxygens (including phenoxy) is 2. The number of hydrogen-bond acceptors (Lipinski definition) is 4. The first-order valence-corrected chi connectivity index (χ1v) is 10.1. The number of hydrogen-bond donors (Lipinski definition) is 1. The molecule has 2 aliphatic rings.